The number of hydrogen-bond acceptors (Lipinski definition) is 10. The second kappa shape index (κ2) is 17.4. The standard InChI is InChI=1S/C22H23NO4.C15H17NO4/c1-3-25-21(24)13-20(22-23-14-16(2)27-22)18-9-11-19(12-10-18)26-15-17-7-5-4-6-8-17;1-3-19-14(18)8-13(15-16-9-10(2)20-15)11-4-6-12(17)7-5-11/h4-12,14,20H,3,13,15H2,1-2H3;4-7,9,13,17H,3,8H2,1-2H3. The second-order valence-electron chi connectivity index (χ2n) is 10.7. The van der Waals surface area contributed by atoms with E-state index >= 15 is 0 Å². The number of aromatic hydroxyl groups is 1. The highest BCUT2D eigenvalue weighted by Crippen LogP contribution is 2.31. The van der Waals surface area contributed by atoms with E-state index in [4.69, 9.17) is 23.0 Å². The Morgan fingerprint density at radius 1 is 0.702 bits per heavy atom. The van der Waals surface area contributed by atoms with Crippen molar-refractivity contribution in [1.29, 1.82) is 0 Å². The molecule has 246 valence electrons. The van der Waals surface area contributed by atoms with Crippen LogP contribution in [-0.2, 0) is 25.7 Å². The number of aromatic nitrogens is 2. The van der Waals surface area contributed by atoms with Crippen molar-refractivity contribution in [2.75, 3.05) is 13.2 Å². The number of oxazole rings is 2. The molecule has 5 rings (SSSR count). The molecule has 0 spiro atoms. The van der Waals surface area contributed by atoms with E-state index in [0.29, 0.717) is 43.1 Å². The maximum atomic E-state index is 12.0. The van der Waals surface area contributed by atoms with Gasteiger partial charge in [0.2, 0.25) is 11.8 Å². The van der Waals surface area contributed by atoms with Gasteiger partial charge in [-0.05, 0) is 68.7 Å². The normalized spacial score (nSPS) is 11.9. The fourth-order valence-electron chi connectivity index (χ4n) is 4.78. The Bertz CT molecular complexity index is 1680. The van der Waals surface area contributed by atoms with Gasteiger partial charge in [-0.2, -0.15) is 0 Å². The number of esters is 2. The lowest BCUT2D eigenvalue weighted by Gasteiger charge is -2.14. The van der Waals surface area contributed by atoms with E-state index in [0.717, 1.165) is 22.4 Å². The van der Waals surface area contributed by atoms with Crippen LogP contribution >= 0.6 is 0 Å². The highest BCUT2D eigenvalue weighted by atomic mass is 16.5. The van der Waals surface area contributed by atoms with Gasteiger partial charge in [-0.25, -0.2) is 9.97 Å². The zero-order valence-electron chi connectivity index (χ0n) is 27.0. The molecule has 0 amide bonds. The Morgan fingerprint density at radius 3 is 1.60 bits per heavy atom. The zero-order chi connectivity index (χ0) is 33.6. The summed E-state index contributed by atoms with van der Waals surface area (Å²) in [5.41, 5.74) is 2.88. The van der Waals surface area contributed by atoms with E-state index in [1.807, 2.05) is 61.5 Å². The molecular formula is C37H40N2O8. The van der Waals surface area contributed by atoms with Crippen LogP contribution in [-0.4, -0.2) is 40.2 Å². The summed E-state index contributed by atoms with van der Waals surface area (Å²) >= 11 is 0. The van der Waals surface area contributed by atoms with Gasteiger partial charge in [-0.3, -0.25) is 9.59 Å². The van der Waals surface area contributed by atoms with Crippen molar-refractivity contribution in [2.45, 2.75) is 59.0 Å². The Labute approximate surface area is 274 Å². The minimum atomic E-state index is -0.316. The van der Waals surface area contributed by atoms with Crippen molar-refractivity contribution in [1.82, 2.24) is 9.97 Å². The number of phenolic OH excluding ortho intramolecular Hbond substituents is 1. The average molecular weight is 641 g/mol. The molecule has 0 aliphatic heterocycles. The van der Waals surface area contributed by atoms with Gasteiger partial charge >= 0.3 is 11.9 Å². The van der Waals surface area contributed by atoms with Crippen molar-refractivity contribution in [3.8, 4) is 11.5 Å². The average Bonchev–Trinajstić information content (AvgIpc) is 3.71. The molecule has 47 heavy (non-hydrogen) atoms. The van der Waals surface area contributed by atoms with Crippen LogP contribution in [0.25, 0.3) is 0 Å². The maximum absolute atomic E-state index is 12.0. The molecule has 2 unspecified atom stereocenters. The van der Waals surface area contributed by atoms with Crippen molar-refractivity contribution in [2.24, 2.45) is 0 Å². The lowest BCUT2D eigenvalue weighted by Crippen LogP contribution is -2.12. The summed E-state index contributed by atoms with van der Waals surface area (Å²) < 4.78 is 27.1. The van der Waals surface area contributed by atoms with Crippen LogP contribution in [0, 0.1) is 13.8 Å². The summed E-state index contributed by atoms with van der Waals surface area (Å²) in [4.78, 5) is 32.2. The number of nitrogens with zero attached hydrogens (tertiary/aromatic N) is 2. The van der Waals surface area contributed by atoms with Crippen molar-refractivity contribution < 1.29 is 37.7 Å². The van der Waals surface area contributed by atoms with Gasteiger partial charge in [-0.1, -0.05) is 54.6 Å². The van der Waals surface area contributed by atoms with E-state index in [1.54, 1.807) is 57.4 Å². The molecule has 5 aromatic rings. The van der Waals surface area contributed by atoms with E-state index in [2.05, 4.69) is 9.97 Å². The van der Waals surface area contributed by atoms with Crippen molar-refractivity contribution in [3.05, 3.63) is 131 Å². The fourth-order valence-corrected chi connectivity index (χ4v) is 4.78. The van der Waals surface area contributed by atoms with Gasteiger partial charge in [0.05, 0.1) is 50.3 Å². The molecule has 0 fully saturated rings. The van der Waals surface area contributed by atoms with E-state index < -0.39 is 0 Å². The minimum absolute atomic E-state index is 0.151. The van der Waals surface area contributed by atoms with E-state index in [-0.39, 0.29) is 42.4 Å². The molecule has 2 atom stereocenters. The number of aryl methyl sites for hydroxylation is 2. The number of rotatable bonds is 13. The van der Waals surface area contributed by atoms with Crippen LogP contribution in [0.2, 0.25) is 0 Å². The van der Waals surface area contributed by atoms with Gasteiger partial charge in [0.1, 0.15) is 29.6 Å². The summed E-state index contributed by atoms with van der Waals surface area (Å²) in [7, 11) is 0. The molecule has 3 aromatic carbocycles. The van der Waals surface area contributed by atoms with Crippen molar-refractivity contribution in [3.63, 3.8) is 0 Å². The molecular weight excluding hydrogens is 600 g/mol. The van der Waals surface area contributed by atoms with Crippen LogP contribution in [0.4, 0.5) is 0 Å². The number of phenols is 1. The lowest BCUT2D eigenvalue weighted by atomic mass is 9.95. The molecule has 0 saturated carbocycles. The Balaban J connectivity index is 0.000000223. The molecule has 10 nitrogen and oxygen atoms in total. The molecule has 0 aliphatic carbocycles. The quantitative estimate of drug-likeness (QED) is 0.130. The SMILES string of the molecule is CCOC(=O)CC(c1ccc(O)cc1)c1ncc(C)o1.CCOC(=O)CC(c1ccc(OCc2ccccc2)cc1)c1ncc(C)o1. The molecule has 0 radical (unpaired) electrons. The van der Waals surface area contributed by atoms with Gasteiger partial charge < -0.3 is 28.2 Å². The highest BCUT2D eigenvalue weighted by molar-refractivity contribution is 5.71. The topological polar surface area (TPSA) is 134 Å². The third-order valence-electron chi connectivity index (χ3n) is 7.05. The van der Waals surface area contributed by atoms with Gasteiger partial charge in [0, 0.05) is 0 Å². The van der Waals surface area contributed by atoms with Crippen LogP contribution in [0.1, 0.15) is 78.5 Å². The monoisotopic (exact) mass is 640 g/mol. The lowest BCUT2D eigenvalue weighted by molar-refractivity contribution is -0.144. The Kier molecular flexibility index (Phi) is 12.7. The van der Waals surface area contributed by atoms with Gasteiger partial charge in [-0.15, -0.1) is 0 Å². The molecule has 10 heteroatoms. The first-order valence-electron chi connectivity index (χ1n) is 15.5. The molecule has 0 bridgehead atoms. The number of ether oxygens (including phenoxy) is 3. The third kappa shape index (κ3) is 10.6. The summed E-state index contributed by atoms with van der Waals surface area (Å²) in [6.07, 6.45) is 3.61. The minimum Gasteiger partial charge on any atom is -0.508 e. The third-order valence-corrected chi connectivity index (χ3v) is 7.05. The summed E-state index contributed by atoms with van der Waals surface area (Å²) in [6, 6.07) is 24.3. The predicted octanol–water partition coefficient (Wildman–Crippen LogP) is 7.42. The molecule has 2 heterocycles. The van der Waals surface area contributed by atoms with E-state index in [9.17, 15) is 14.7 Å². The molecule has 1 N–H and O–H groups in total. The molecule has 2 aromatic heterocycles. The smallest absolute Gasteiger partial charge is 0.306 e. The predicted molar refractivity (Wildman–Crippen MR) is 174 cm³/mol. The van der Waals surface area contributed by atoms with Crippen LogP contribution < -0.4 is 4.74 Å². The van der Waals surface area contributed by atoms with Crippen LogP contribution in [0.15, 0.2) is 100 Å². The largest absolute Gasteiger partial charge is 0.508 e. The first kappa shape index (κ1) is 34.5. The number of carbonyl (C=O) groups excluding carboxylic acids is 2. The van der Waals surface area contributed by atoms with Crippen molar-refractivity contribution >= 4 is 11.9 Å². The molecule has 0 saturated heterocycles. The maximum Gasteiger partial charge on any atom is 0.306 e. The Morgan fingerprint density at radius 2 is 1.17 bits per heavy atom. The first-order chi connectivity index (χ1) is 22.7. The summed E-state index contributed by atoms with van der Waals surface area (Å²) in [6.45, 7) is 8.39. The number of benzene rings is 3. The van der Waals surface area contributed by atoms with Crippen LogP contribution in [0.3, 0.4) is 0 Å². The summed E-state index contributed by atoms with van der Waals surface area (Å²) in [5, 5.41) is 9.35. The highest BCUT2D eigenvalue weighted by Gasteiger charge is 2.25. The fraction of sp³-hybridized carbons (Fsp3) is 0.297. The van der Waals surface area contributed by atoms with Gasteiger partial charge in [0.25, 0.3) is 0 Å². The zero-order valence-corrected chi connectivity index (χ0v) is 27.0. The number of hydrogen-bond donors (Lipinski definition) is 1. The molecule has 0 aliphatic rings. The van der Waals surface area contributed by atoms with Gasteiger partial charge in [0.15, 0.2) is 0 Å². The first-order valence-corrected chi connectivity index (χ1v) is 15.5. The number of carbonyl (C=O) groups is 2. The summed E-state index contributed by atoms with van der Waals surface area (Å²) in [5.74, 6) is 2.14. The van der Waals surface area contributed by atoms with Crippen LogP contribution in [0.5, 0.6) is 11.5 Å². The second-order valence-corrected chi connectivity index (χ2v) is 10.7. The van der Waals surface area contributed by atoms with E-state index in [1.165, 1.54) is 0 Å². The Hall–Kier alpha value is -5.38.